The summed E-state index contributed by atoms with van der Waals surface area (Å²) in [6, 6.07) is 0. The van der Waals surface area contributed by atoms with E-state index in [1.165, 1.54) is 26.4 Å². The highest BCUT2D eigenvalue weighted by Gasteiger charge is 2.36. The lowest BCUT2D eigenvalue weighted by atomic mass is 9.83. The summed E-state index contributed by atoms with van der Waals surface area (Å²) in [4.78, 5) is 11.1. The maximum absolute atomic E-state index is 11.1. The number of methoxy groups -OCH3 is 1. The summed E-state index contributed by atoms with van der Waals surface area (Å²) in [6.07, 6.45) is 4.38. The first-order chi connectivity index (χ1) is 6.08. The maximum Gasteiger partial charge on any atom is 0.407 e. The van der Waals surface area contributed by atoms with Crippen LogP contribution in [0.3, 0.4) is 0 Å². The second kappa shape index (κ2) is 4.48. The van der Waals surface area contributed by atoms with Crippen LogP contribution >= 0.6 is 22.6 Å². The lowest BCUT2D eigenvalue weighted by Crippen LogP contribution is -2.53. The minimum Gasteiger partial charge on any atom is -0.453 e. The zero-order chi connectivity index (χ0) is 9.90. The van der Waals surface area contributed by atoms with Crippen LogP contribution in [-0.2, 0) is 4.74 Å². The van der Waals surface area contributed by atoms with Gasteiger partial charge >= 0.3 is 6.09 Å². The summed E-state index contributed by atoms with van der Waals surface area (Å²) in [5, 5.41) is 2.93. The summed E-state index contributed by atoms with van der Waals surface area (Å²) in [5.41, 5.74) is -0.0775. The number of hydrogen-bond acceptors (Lipinski definition) is 2. The Balaban J connectivity index is 2.56. The molecule has 0 aromatic carbocycles. The number of rotatable bonds is 1. The smallest absolute Gasteiger partial charge is 0.407 e. The Morgan fingerprint density at radius 2 is 2.31 bits per heavy atom. The van der Waals surface area contributed by atoms with E-state index in [0.29, 0.717) is 3.92 Å². The highest BCUT2D eigenvalue weighted by molar-refractivity contribution is 14.1. The number of halogens is 1. The van der Waals surface area contributed by atoms with Crippen molar-refractivity contribution in [3.05, 3.63) is 0 Å². The average molecular weight is 297 g/mol. The number of hydrogen-bond donors (Lipinski definition) is 1. The molecule has 2 unspecified atom stereocenters. The van der Waals surface area contributed by atoms with Gasteiger partial charge in [0.1, 0.15) is 0 Å². The fraction of sp³-hybridized carbons (Fsp3) is 0.889. The van der Waals surface area contributed by atoms with E-state index in [9.17, 15) is 4.79 Å². The summed E-state index contributed by atoms with van der Waals surface area (Å²) in [7, 11) is 1.41. The van der Waals surface area contributed by atoms with Gasteiger partial charge in [-0.25, -0.2) is 4.79 Å². The first-order valence-corrected chi connectivity index (χ1v) is 5.83. The lowest BCUT2D eigenvalue weighted by molar-refractivity contribution is 0.151. The number of alkyl carbamates (subject to hydrolysis) is 1. The Morgan fingerprint density at radius 3 is 2.85 bits per heavy atom. The zero-order valence-electron chi connectivity index (χ0n) is 8.10. The quantitative estimate of drug-likeness (QED) is 0.596. The number of nitrogens with one attached hydrogen (secondary N) is 1. The van der Waals surface area contributed by atoms with Gasteiger partial charge in [-0.3, -0.25) is 0 Å². The zero-order valence-corrected chi connectivity index (χ0v) is 10.3. The first kappa shape index (κ1) is 11.1. The number of carbonyl (C=O) groups is 1. The van der Waals surface area contributed by atoms with Gasteiger partial charge in [0.05, 0.1) is 12.6 Å². The van der Waals surface area contributed by atoms with Crippen LogP contribution < -0.4 is 5.32 Å². The summed E-state index contributed by atoms with van der Waals surface area (Å²) >= 11 is 2.41. The molecule has 0 radical (unpaired) electrons. The van der Waals surface area contributed by atoms with Crippen LogP contribution in [0.4, 0.5) is 4.79 Å². The van der Waals surface area contributed by atoms with E-state index < -0.39 is 0 Å². The molecule has 1 fully saturated rings. The summed E-state index contributed by atoms with van der Waals surface area (Å²) in [5.74, 6) is 0. The third kappa shape index (κ3) is 2.72. The molecule has 76 valence electrons. The molecule has 1 amide bonds. The van der Waals surface area contributed by atoms with Crippen molar-refractivity contribution in [1.29, 1.82) is 0 Å². The van der Waals surface area contributed by atoms with Gasteiger partial charge in [0.2, 0.25) is 0 Å². The van der Waals surface area contributed by atoms with Gasteiger partial charge in [-0.15, -0.1) is 0 Å². The minimum atomic E-state index is -0.314. The van der Waals surface area contributed by atoms with Gasteiger partial charge in [0.25, 0.3) is 0 Å². The van der Waals surface area contributed by atoms with E-state index in [4.69, 9.17) is 0 Å². The Morgan fingerprint density at radius 1 is 1.62 bits per heavy atom. The van der Waals surface area contributed by atoms with E-state index >= 15 is 0 Å². The van der Waals surface area contributed by atoms with E-state index in [1.54, 1.807) is 0 Å². The van der Waals surface area contributed by atoms with Gasteiger partial charge in [-0.05, 0) is 19.8 Å². The molecule has 0 aromatic heterocycles. The van der Waals surface area contributed by atoms with Crippen LogP contribution in [0.5, 0.6) is 0 Å². The standard InChI is InChI=1S/C9H16INO2/c1-9(11-8(12)13-2)6-4-3-5-7(9)10/h7H,3-6H2,1-2H3,(H,11,12). The van der Waals surface area contributed by atoms with Gasteiger partial charge in [-0.2, -0.15) is 0 Å². The molecule has 0 saturated heterocycles. The molecule has 1 aliphatic rings. The fourth-order valence-corrected chi connectivity index (χ4v) is 2.62. The maximum atomic E-state index is 11.1. The van der Waals surface area contributed by atoms with Gasteiger partial charge in [0.15, 0.2) is 0 Å². The molecule has 0 aliphatic heterocycles. The molecule has 0 heterocycles. The van der Waals surface area contributed by atoms with Crippen LogP contribution in [0, 0.1) is 0 Å². The highest BCUT2D eigenvalue weighted by Crippen LogP contribution is 2.33. The number of amides is 1. The number of alkyl halides is 1. The molecule has 1 N–H and O–H groups in total. The van der Waals surface area contributed by atoms with Crippen molar-refractivity contribution in [1.82, 2.24) is 5.32 Å². The molecule has 0 spiro atoms. The summed E-state index contributed by atoms with van der Waals surface area (Å²) in [6.45, 7) is 2.10. The molecule has 13 heavy (non-hydrogen) atoms. The predicted molar refractivity (Wildman–Crippen MR) is 60.2 cm³/mol. The fourth-order valence-electron chi connectivity index (χ4n) is 1.72. The van der Waals surface area contributed by atoms with Crippen LogP contribution in [0.25, 0.3) is 0 Å². The third-order valence-electron chi connectivity index (χ3n) is 2.67. The average Bonchev–Trinajstić information content (AvgIpc) is 2.10. The van der Waals surface area contributed by atoms with E-state index in [1.807, 2.05) is 0 Å². The second-order valence-corrected chi connectivity index (χ2v) is 5.25. The highest BCUT2D eigenvalue weighted by atomic mass is 127. The Kier molecular flexibility index (Phi) is 3.82. The van der Waals surface area contributed by atoms with Crippen molar-refractivity contribution in [2.24, 2.45) is 0 Å². The number of ether oxygens (including phenoxy) is 1. The van der Waals surface area contributed by atoms with Crippen molar-refractivity contribution in [3.63, 3.8) is 0 Å². The Labute approximate surface area is 92.7 Å². The molecular weight excluding hydrogens is 281 g/mol. The van der Waals surface area contributed by atoms with Crippen LogP contribution in [0.2, 0.25) is 0 Å². The van der Waals surface area contributed by atoms with Crippen LogP contribution in [0.1, 0.15) is 32.6 Å². The number of carbonyl (C=O) groups excluding carboxylic acids is 1. The first-order valence-electron chi connectivity index (χ1n) is 4.59. The normalized spacial score (nSPS) is 33.9. The topological polar surface area (TPSA) is 38.3 Å². The van der Waals surface area contributed by atoms with Crippen molar-refractivity contribution in [2.45, 2.75) is 42.1 Å². The second-order valence-electron chi connectivity index (χ2n) is 3.75. The molecule has 0 bridgehead atoms. The Hall–Kier alpha value is 0. The lowest BCUT2D eigenvalue weighted by Gasteiger charge is -2.38. The minimum absolute atomic E-state index is 0.0775. The third-order valence-corrected chi connectivity index (χ3v) is 4.67. The van der Waals surface area contributed by atoms with E-state index in [0.717, 1.165) is 6.42 Å². The molecule has 0 aromatic rings. The van der Waals surface area contributed by atoms with E-state index in [2.05, 4.69) is 39.6 Å². The van der Waals surface area contributed by atoms with Crippen molar-refractivity contribution in [3.8, 4) is 0 Å². The van der Waals surface area contributed by atoms with Crippen molar-refractivity contribution < 1.29 is 9.53 Å². The monoisotopic (exact) mass is 297 g/mol. The van der Waals surface area contributed by atoms with Gasteiger partial charge in [0, 0.05) is 3.92 Å². The largest absolute Gasteiger partial charge is 0.453 e. The Bertz CT molecular complexity index is 198. The van der Waals surface area contributed by atoms with Gasteiger partial charge < -0.3 is 10.1 Å². The van der Waals surface area contributed by atoms with Crippen LogP contribution in [0.15, 0.2) is 0 Å². The molecule has 1 aliphatic carbocycles. The molecule has 1 saturated carbocycles. The van der Waals surface area contributed by atoms with E-state index in [-0.39, 0.29) is 11.6 Å². The van der Waals surface area contributed by atoms with Crippen molar-refractivity contribution >= 4 is 28.7 Å². The molecule has 4 heteroatoms. The molecule has 1 rings (SSSR count). The molecule has 2 atom stereocenters. The van der Waals surface area contributed by atoms with Gasteiger partial charge in [-0.1, -0.05) is 35.4 Å². The SMILES string of the molecule is COC(=O)NC1(C)CCCCC1I. The predicted octanol–water partition coefficient (Wildman–Crippen LogP) is 2.48. The van der Waals surface area contributed by atoms with Crippen molar-refractivity contribution in [2.75, 3.05) is 7.11 Å². The summed E-state index contributed by atoms with van der Waals surface area (Å²) < 4.78 is 5.13. The van der Waals surface area contributed by atoms with Crippen LogP contribution in [-0.4, -0.2) is 22.7 Å². The molecular formula is C9H16INO2. The molecule has 3 nitrogen and oxygen atoms in total.